The van der Waals surface area contributed by atoms with E-state index >= 15 is 0 Å². The second-order valence-electron chi connectivity index (χ2n) is 2.49. The van der Waals surface area contributed by atoms with Crippen molar-refractivity contribution in [2.75, 3.05) is 19.7 Å². The molecule has 0 spiro atoms. The van der Waals surface area contributed by atoms with Crippen molar-refractivity contribution in [1.82, 2.24) is 5.32 Å². The number of nitrogens with two attached hydrogens (primary N) is 1. The van der Waals surface area contributed by atoms with Gasteiger partial charge in [0.25, 0.3) is 0 Å². The Labute approximate surface area is 72.6 Å². The van der Waals surface area contributed by atoms with Crippen molar-refractivity contribution in [3.8, 4) is 0 Å². The molecule has 0 saturated carbocycles. The van der Waals surface area contributed by atoms with E-state index in [2.05, 4.69) is 10.5 Å². The zero-order valence-corrected chi connectivity index (χ0v) is 7.58. The molecule has 0 rings (SSSR count). The van der Waals surface area contributed by atoms with Crippen LogP contribution < -0.4 is 11.1 Å². The van der Waals surface area contributed by atoms with Gasteiger partial charge in [-0.2, -0.15) is 0 Å². The summed E-state index contributed by atoms with van der Waals surface area (Å²) >= 11 is 0. The molecule has 1 unspecified atom stereocenters. The third-order valence-corrected chi connectivity index (χ3v) is 1.32. The van der Waals surface area contributed by atoms with Crippen LogP contribution >= 0.6 is 0 Å². The van der Waals surface area contributed by atoms with E-state index in [1.807, 2.05) is 13.8 Å². The first-order valence-electron chi connectivity index (χ1n) is 3.99. The summed E-state index contributed by atoms with van der Waals surface area (Å²) in [5.41, 5.74) is 5.23. The summed E-state index contributed by atoms with van der Waals surface area (Å²) in [5.74, 6) is 0.179. The highest BCUT2D eigenvalue weighted by molar-refractivity contribution is 5.81. The molecule has 1 atom stereocenters. The summed E-state index contributed by atoms with van der Waals surface area (Å²) in [6, 6.07) is 0. The first kappa shape index (κ1) is 11.2. The van der Waals surface area contributed by atoms with Gasteiger partial charge in [0.2, 0.25) is 0 Å². The van der Waals surface area contributed by atoms with Gasteiger partial charge in [-0.15, -0.1) is 0 Å². The monoisotopic (exact) mass is 175 g/mol. The Morgan fingerprint density at radius 1 is 1.75 bits per heavy atom. The van der Waals surface area contributed by atoms with E-state index in [4.69, 9.17) is 15.7 Å². The summed E-state index contributed by atoms with van der Waals surface area (Å²) < 4.78 is 5.25. The van der Waals surface area contributed by atoms with E-state index in [1.165, 1.54) is 0 Å². The first-order valence-corrected chi connectivity index (χ1v) is 3.99. The van der Waals surface area contributed by atoms with E-state index in [9.17, 15) is 0 Å². The normalized spacial score (nSPS) is 14.7. The maximum absolute atomic E-state index is 8.20. The van der Waals surface area contributed by atoms with Crippen molar-refractivity contribution in [2.45, 2.75) is 20.0 Å². The smallest absolute Gasteiger partial charge is 0.153 e. The lowest BCUT2D eigenvalue weighted by atomic mass is 10.4. The molecular weight excluding hydrogens is 158 g/mol. The molecule has 5 heteroatoms. The van der Waals surface area contributed by atoms with E-state index in [-0.39, 0.29) is 11.9 Å². The Hall–Kier alpha value is -0.810. The Morgan fingerprint density at radius 2 is 2.42 bits per heavy atom. The van der Waals surface area contributed by atoms with Gasteiger partial charge in [0, 0.05) is 13.2 Å². The molecule has 0 aromatic carbocycles. The Balaban J connectivity index is 3.30. The van der Waals surface area contributed by atoms with Gasteiger partial charge in [-0.05, 0) is 13.8 Å². The van der Waals surface area contributed by atoms with Gasteiger partial charge in [-0.1, -0.05) is 5.16 Å². The summed E-state index contributed by atoms with van der Waals surface area (Å²) in [6.45, 7) is 5.69. The van der Waals surface area contributed by atoms with Gasteiger partial charge < -0.3 is 21.0 Å². The van der Waals surface area contributed by atoms with Crippen LogP contribution in [0.3, 0.4) is 0 Å². The number of nitrogens with zero attached hydrogens (tertiary/aromatic N) is 1. The molecule has 4 N–H and O–H groups in total. The van der Waals surface area contributed by atoms with Gasteiger partial charge in [0.05, 0.1) is 12.6 Å². The number of nitrogens with one attached hydrogen (secondary N) is 1. The molecule has 72 valence electrons. The predicted octanol–water partition coefficient (Wildman–Crippen LogP) is -0.253. The van der Waals surface area contributed by atoms with Gasteiger partial charge in [0.1, 0.15) is 0 Å². The van der Waals surface area contributed by atoms with Crippen LogP contribution in [0.2, 0.25) is 0 Å². The van der Waals surface area contributed by atoms with Crippen LogP contribution in [0.25, 0.3) is 0 Å². The average Bonchev–Trinajstić information content (AvgIpc) is 2.04. The number of rotatable bonds is 6. The highest BCUT2D eigenvalue weighted by atomic mass is 16.5. The molecule has 0 radical (unpaired) electrons. The maximum atomic E-state index is 8.20. The van der Waals surface area contributed by atoms with Crippen LogP contribution in [0, 0.1) is 0 Å². The highest BCUT2D eigenvalue weighted by Crippen LogP contribution is 1.86. The van der Waals surface area contributed by atoms with E-state index < -0.39 is 0 Å². The second-order valence-corrected chi connectivity index (χ2v) is 2.49. The third-order valence-electron chi connectivity index (χ3n) is 1.32. The number of hydrogen-bond donors (Lipinski definition) is 3. The van der Waals surface area contributed by atoms with Crippen LogP contribution in [-0.2, 0) is 4.74 Å². The van der Waals surface area contributed by atoms with Crippen LogP contribution in [-0.4, -0.2) is 36.8 Å². The molecule has 0 saturated heterocycles. The van der Waals surface area contributed by atoms with Crippen molar-refractivity contribution in [3.05, 3.63) is 0 Å². The molecule has 12 heavy (non-hydrogen) atoms. The summed E-state index contributed by atoms with van der Waals surface area (Å²) in [5, 5.41) is 14.0. The Kier molecular flexibility index (Phi) is 6.41. The minimum absolute atomic E-state index is 0.154. The van der Waals surface area contributed by atoms with Crippen LogP contribution in [0.15, 0.2) is 5.16 Å². The fourth-order valence-electron chi connectivity index (χ4n) is 0.782. The minimum Gasteiger partial charge on any atom is -0.409 e. The third kappa shape index (κ3) is 5.94. The van der Waals surface area contributed by atoms with E-state index in [0.717, 1.165) is 0 Å². The molecular formula is C7H17N3O2. The van der Waals surface area contributed by atoms with Crippen molar-refractivity contribution >= 4 is 5.84 Å². The lowest BCUT2D eigenvalue weighted by molar-refractivity contribution is 0.0770. The van der Waals surface area contributed by atoms with Crippen molar-refractivity contribution in [2.24, 2.45) is 10.9 Å². The molecule has 0 bridgehead atoms. The molecule has 0 amide bonds. The van der Waals surface area contributed by atoms with Crippen molar-refractivity contribution in [1.29, 1.82) is 0 Å². The fourth-order valence-corrected chi connectivity index (χ4v) is 0.782. The largest absolute Gasteiger partial charge is 0.409 e. The Bertz CT molecular complexity index is 139. The van der Waals surface area contributed by atoms with Gasteiger partial charge >= 0.3 is 0 Å². The van der Waals surface area contributed by atoms with Gasteiger partial charge in [-0.25, -0.2) is 0 Å². The lowest BCUT2D eigenvalue weighted by Crippen LogP contribution is -2.34. The molecule has 0 aliphatic carbocycles. The Morgan fingerprint density at radius 3 is 2.92 bits per heavy atom. The zero-order valence-electron chi connectivity index (χ0n) is 7.58. The zero-order chi connectivity index (χ0) is 9.40. The average molecular weight is 175 g/mol. The number of oxime groups is 1. The highest BCUT2D eigenvalue weighted by Gasteiger charge is 1.99. The molecule has 5 nitrogen and oxygen atoms in total. The standard InChI is InChI=1S/C7H17N3O2/c1-3-12-6(2)4-9-5-7(8)10-11/h6,9,11H,3-5H2,1-2H3,(H2,8,10). The molecule has 0 aliphatic rings. The van der Waals surface area contributed by atoms with Gasteiger partial charge in [0.15, 0.2) is 5.84 Å². The van der Waals surface area contributed by atoms with Crippen molar-refractivity contribution in [3.63, 3.8) is 0 Å². The van der Waals surface area contributed by atoms with Crippen LogP contribution in [0.4, 0.5) is 0 Å². The maximum Gasteiger partial charge on any atom is 0.153 e. The van der Waals surface area contributed by atoms with E-state index in [0.29, 0.717) is 19.7 Å². The summed E-state index contributed by atoms with van der Waals surface area (Å²) in [4.78, 5) is 0. The van der Waals surface area contributed by atoms with Crippen molar-refractivity contribution < 1.29 is 9.94 Å². The van der Waals surface area contributed by atoms with Gasteiger partial charge in [-0.3, -0.25) is 0 Å². The molecule has 0 aliphatic heterocycles. The van der Waals surface area contributed by atoms with Crippen LogP contribution in [0.1, 0.15) is 13.8 Å². The topological polar surface area (TPSA) is 79.9 Å². The fraction of sp³-hybridized carbons (Fsp3) is 0.857. The minimum atomic E-state index is 0.154. The first-order chi connectivity index (χ1) is 5.70. The molecule has 0 fully saturated rings. The number of amidine groups is 1. The summed E-state index contributed by atoms with van der Waals surface area (Å²) in [6.07, 6.45) is 0.154. The molecule has 0 heterocycles. The number of hydrogen-bond acceptors (Lipinski definition) is 4. The summed E-state index contributed by atoms with van der Waals surface area (Å²) in [7, 11) is 0. The van der Waals surface area contributed by atoms with Crippen LogP contribution in [0.5, 0.6) is 0 Å². The molecule has 0 aromatic heterocycles. The molecule has 0 aromatic rings. The predicted molar refractivity (Wildman–Crippen MR) is 47.4 cm³/mol. The number of ether oxygens (including phenoxy) is 1. The quantitative estimate of drug-likeness (QED) is 0.225. The van der Waals surface area contributed by atoms with E-state index in [1.54, 1.807) is 0 Å². The second kappa shape index (κ2) is 6.87. The SMILES string of the molecule is CCOC(C)CNCC(N)=NO. The lowest BCUT2D eigenvalue weighted by Gasteiger charge is -2.11.